The van der Waals surface area contributed by atoms with Crippen molar-refractivity contribution in [3.63, 3.8) is 0 Å². The lowest BCUT2D eigenvalue weighted by molar-refractivity contribution is -0.384. The number of rotatable bonds is 5. The first-order chi connectivity index (χ1) is 16.0. The number of benzene rings is 2. The third-order valence-corrected chi connectivity index (χ3v) is 6.83. The van der Waals surface area contributed by atoms with E-state index in [1.165, 1.54) is 43.4 Å². The minimum absolute atomic E-state index is 0.0852. The van der Waals surface area contributed by atoms with E-state index in [0.717, 1.165) is 34.6 Å². The van der Waals surface area contributed by atoms with Crippen molar-refractivity contribution in [2.75, 3.05) is 0 Å². The number of hydrogen-bond acceptors (Lipinski definition) is 5. The van der Waals surface area contributed by atoms with Crippen molar-refractivity contribution in [3.05, 3.63) is 74.4 Å². The maximum Gasteiger partial charge on any atom is 0.269 e. The van der Waals surface area contributed by atoms with E-state index in [0.29, 0.717) is 5.92 Å². The fourth-order valence-electron chi connectivity index (χ4n) is 4.03. The van der Waals surface area contributed by atoms with Crippen molar-refractivity contribution in [2.45, 2.75) is 64.7 Å². The average molecular weight is 463 g/mol. The second-order valence-electron chi connectivity index (χ2n) is 8.81. The molecule has 4 rings (SSSR count). The van der Waals surface area contributed by atoms with Crippen LogP contribution in [0.1, 0.15) is 70.3 Å². The fourth-order valence-corrected chi connectivity index (χ4v) is 4.88. The van der Waals surface area contributed by atoms with Gasteiger partial charge in [0.25, 0.3) is 5.69 Å². The van der Waals surface area contributed by atoms with Gasteiger partial charge in [0.15, 0.2) is 0 Å². The number of aromatic nitrogens is 1. The summed E-state index contributed by atoms with van der Waals surface area (Å²) in [5, 5.41) is 18.2. The maximum atomic E-state index is 11.1. The van der Waals surface area contributed by atoms with Crippen LogP contribution in [0, 0.1) is 10.1 Å². The summed E-state index contributed by atoms with van der Waals surface area (Å²) in [6.45, 7) is 4.36. The van der Waals surface area contributed by atoms with Gasteiger partial charge in [-0.1, -0.05) is 45.2 Å². The Labute approximate surface area is 198 Å². The molecule has 0 bridgehead atoms. The van der Waals surface area contributed by atoms with E-state index in [9.17, 15) is 10.1 Å². The van der Waals surface area contributed by atoms with Crippen molar-refractivity contribution in [3.8, 4) is 11.3 Å². The molecule has 0 atom stereocenters. The van der Waals surface area contributed by atoms with Crippen LogP contribution < -0.4 is 4.80 Å². The molecule has 0 aliphatic heterocycles. The van der Waals surface area contributed by atoms with Crippen LogP contribution in [0.4, 0.5) is 11.4 Å². The molecule has 1 aromatic heterocycles. The average Bonchev–Trinajstić information content (AvgIpc) is 3.18. The lowest BCUT2D eigenvalue weighted by Crippen LogP contribution is -2.15. The van der Waals surface area contributed by atoms with Gasteiger partial charge in [0.05, 0.1) is 16.3 Å². The third-order valence-electron chi connectivity index (χ3n) is 6.02. The van der Waals surface area contributed by atoms with Crippen LogP contribution in [-0.4, -0.2) is 15.3 Å². The lowest BCUT2D eigenvalue weighted by atomic mass is 9.99. The zero-order valence-electron chi connectivity index (χ0n) is 19.2. The van der Waals surface area contributed by atoms with Gasteiger partial charge in [-0.2, -0.15) is 5.10 Å². The fraction of sp³-hybridized carbons (Fsp3) is 0.385. The Morgan fingerprint density at radius 3 is 2.18 bits per heavy atom. The Hall–Kier alpha value is -3.06. The lowest BCUT2D eigenvalue weighted by Gasteiger charge is -2.12. The van der Waals surface area contributed by atoms with Crippen molar-refractivity contribution in [2.24, 2.45) is 10.1 Å². The van der Waals surface area contributed by atoms with E-state index in [1.807, 2.05) is 22.2 Å². The van der Waals surface area contributed by atoms with Gasteiger partial charge in [0.2, 0.25) is 4.80 Å². The van der Waals surface area contributed by atoms with Crippen LogP contribution >= 0.6 is 11.3 Å². The van der Waals surface area contributed by atoms with E-state index in [-0.39, 0.29) is 10.6 Å². The van der Waals surface area contributed by atoms with E-state index in [4.69, 9.17) is 10.1 Å². The number of thiazole rings is 1. The van der Waals surface area contributed by atoms with Crippen molar-refractivity contribution < 1.29 is 4.92 Å². The summed E-state index contributed by atoms with van der Waals surface area (Å²) in [7, 11) is 0. The van der Waals surface area contributed by atoms with Gasteiger partial charge in [-0.3, -0.25) is 10.1 Å². The summed E-state index contributed by atoms with van der Waals surface area (Å²) in [4.78, 5) is 16.4. The zero-order valence-corrected chi connectivity index (χ0v) is 20.1. The number of nitro benzene ring substituents is 1. The smallest absolute Gasteiger partial charge is 0.258 e. The quantitative estimate of drug-likeness (QED) is 0.292. The molecular weight excluding hydrogens is 432 g/mol. The van der Waals surface area contributed by atoms with Gasteiger partial charge >= 0.3 is 0 Å². The molecule has 1 aliphatic carbocycles. The van der Waals surface area contributed by atoms with Crippen LogP contribution in [0.25, 0.3) is 11.3 Å². The van der Waals surface area contributed by atoms with Crippen LogP contribution in [0.15, 0.2) is 64.0 Å². The molecule has 172 valence electrons. The molecule has 0 amide bonds. The van der Waals surface area contributed by atoms with Crippen molar-refractivity contribution in [1.29, 1.82) is 0 Å². The highest BCUT2D eigenvalue weighted by Crippen LogP contribution is 2.25. The second-order valence-corrected chi connectivity index (χ2v) is 9.65. The largest absolute Gasteiger partial charge is 0.269 e. The van der Waals surface area contributed by atoms with Crippen LogP contribution in [-0.2, 0) is 0 Å². The first-order valence-corrected chi connectivity index (χ1v) is 12.6. The molecule has 0 unspecified atom stereocenters. The summed E-state index contributed by atoms with van der Waals surface area (Å²) >= 11 is 1.54. The Morgan fingerprint density at radius 2 is 1.58 bits per heavy atom. The number of nitrogens with zero attached hydrogens (tertiary/aromatic N) is 4. The summed E-state index contributed by atoms with van der Waals surface area (Å²) in [5.74, 6) is 0.477. The van der Waals surface area contributed by atoms with Gasteiger partial charge in [-0.15, -0.1) is 11.3 Å². The van der Waals surface area contributed by atoms with Gasteiger partial charge < -0.3 is 0 Å². The first-order valence-electron chi connectivity index (χ1n) is 11.7. The first kappa shape index (κ1) is 23.1. The minimum Gasteiger partial charge on any atom is -0.258 e. The second kappa shape index (κ2) is 10.7. The SMILES string of the molecule is CC(C)c1ccc(N=c2scc(-c3ccc([N+](=O)[O-])cc3)n2N=C2CCCCCCC2)cc1. The van der Waals surface area contributed by atoms with E-state index in [1.54, 1.807) is 35.6 Å². The molecule has 7 heteroatoms. The minimum atomic E-state index is -0.373. The third kappa shape index (κ3) is 5.85. The Morgan fingerprint density at radius 1 is 0.939 bits per heavy atom. The Balaban J connectivity index is 1.78. The summed E-state index contributed by atoms with van der Waals surface area (Å²) < 4.78 is 1.93. The molecular formula is C26H30N4O2S. The number of nitro groups is 1. The molecule has 1 aliphatic rings. The molecule has 2 aromatic carbocycles. The standard InChI is InChI=1S/C26H30N4O2S/c1-19(2)20-10-14-22(15-11-20)27-26-29(28-23-8-6-4-3-5-7-9-23)25(18-33-26)21-12-16-24(17-13-21)30(31)32/h10-19H,3-9H2,1-2H3. The highest BCUT2D eigenvalue weighted by molar-refractivity contribution is 7.07. The Bertz CT molecular complexity index is 1180. The highest BCUT2D eigenvalue weighted by Gasteiger charge is 2.13. The number of hydrogen-bond donors (Lipinski definition) is 0. The topological polar surface area (TPSA) is 72.8 Å². The van der Waals surface area contributed by atoms with Gasteiger partial charge in [0, 0.05) is 28.8 Å². The molecule has 1 saturated carbocycles. The van der Waals surface area contributed by atoms with E-state index < -0.39 is 0 Å². The molecule has 0 saturated heterocycles. The normalized spacial score (nSPS) is 15.4. The maximum absolute atomic E-state index is 11.1. The zero-order chi connectivity index (χ0) is 23.2. The summed E-state index contributed by atoms with van der Waals surface area (Å²) in [5.41, 5.74) is 5.26. The van der Waals surface area contributed by atoms with Gasteiger partial charge in [-0.25, -0.2) is 9.67 Å². The van der Waals surface area contributed by atoms with Crippen molar-refractivity contribution >= 4 is 28.4 Å². The molecule has 0 N–H and O–H groups in total. The molecule has 6 nitrogen and oxygen atoms in total. The molecule has 1 heterocycles. The van der Waals surface area contributed by atoms with Crippen molar-refractivity contribution in [1.82, 2.24) is 4.68 Å². The van der Waals surface area contributed by atoms with Gasteiger partial charge in [0.1, 0.15) is 0 Å². The molecule has 3 aromatic rings. The van der Waals surface area contributed by atoms with Crippen LogP contribution in [0.5, 0.6) is 0 Å². The predicted octanol–water partition coefficient (Wildman–Crippen LogP) is 7.43. The van der Waals surface area contributed by atoms with Gasteiger partial charge in [-0.05, 0) is 61.4 Å². The number of non-ortho nitro benzene ring substituents is 1. The van der Waals surface area contributed by atoms with E-state index >= 15 is 0 Å². The molecule has 0 radical (unpaired) electrons. The Kier molecular flexibility index (Phi) is 7.50. The predicted molar refractivity (Wildman–Crippen MR) is 135 cm³/mol. The van der Waals surface area contributed by atoms with E-state index in [2.05, 4.69) is 26.0 Å². The molecule has 0 spiro atoms. The molecule has 1 fully saturated rings. The highest BCUT2D eigenvalue weighted by atomic mass is 32.1. The van der Waals surface area contributed by atoms with Crippen LogP contribution in [0.3, 0.4) is 0 Å². The summed E-state index contributed by atoms with van der Waals surface area (Å²) in [6.07, 6.45) is 8.15. The molecule has 33 heavy (non-hydrogen) atoms. The monoisotopic (exact) mass is 462 g/mol. The van der Waals surface area contributed by atoms with Crippen LogP contribution in [0.2, 0.25) is 0 Å². The summed E-state index contributed by atoms with van der Waals surface area (Å²) in [6, 6.07) is 15.0.